The van der Waals surface area contributed by atoms with Crippen molar-refractivity contribution in [3.63, 3.8) is 0 Å². The second-order valence-electron chi connectivity index (χ2n) is 12.7. The standard InChI is InChI=1S/C33H60O15/c1-3-5-7-9-10-11-12-14-15-24(35)43-18-21(46-25(36)16-13-8-6-4-2)19-44-32-31(42)29(40)27(38)23(48-32)20-45-33-30(41)28(39)26(37)22(17-34)47-33/h21-23,26-34,37-42H,3-20H2,1-2H3/t21-,22-,23-,26+,27+,28+,29+,30-,31-,32-,33+/m1/s1. The maximum absolute atomic E-state index is 12.5. The first-order chi connectivity index (χ1) is 23.0. The zero-order chi connectivity index (χ0) is 35.5. The van der Waals surface area contributed by atoms with Gasteiger partial charge in [-0.1, -0.05) is 78.1 Å². The van der Waals surface area contributed by atoms with Crippen molar-refractivity contribution in [2.45, 2.75) is 171 Å². The molecule has 282 valence electrons. The lowest BCUT2D eigenvalue weighted by Crippen LogP contribution is -2.61. The van der Waals surface area contributed by atoms with Gasteiger partial charge >= 0.3 is 11.9 Å². The van der Waals surface area contributed by atoms with Crippen LogP contribution in [0.3, 0.4) is 0 Å². The molecule has 0 aliphatic carbocycles. The van der Waals surface area contributed by atoms with Crippen molar-refractivity contribution in [1.29, 1.82) is 0 Å². The molecule has 0 aromatic heterocycles. The van der Waals surface area contributed by atoms with E-state index in [0.29, 0.717) is 12.8 Å². The van der Waals surface area contributed by atoms with Gasteiger partial charge in [-0.05, 0) is 12.8 Å². The minimum Gasteiger partial charge on any atom is -0.462 e. The van der Waals surface area contributed by atoms with Crippen LogP contribution in [0.15, 0.2) is 0 Å². The quantitative estimate of drug-likeness (QED) is 0.0541. The van der Waals surface area contributed by atoms with E-state index in [1.54, 1.807) is 0 Å². The molecule has 0 spiro atoms. The highest BCUT2D eigenvalue weighted by Crippen LogP contribution is 2.26. The zero-order valence-electron chi connectivity index (χ0n) is 28.5. The summed E-state index contributed by atoms with van der Waals surface area (Å²) in [5.74, 6) is -0.951. The van der Waals surface area contributed by atoms with Gasteiger partial charge in [0, 0.05) is 12.8 Å². The minimum atomic E-state index is -1.75. The highest BCUT2D eigenvalue weighted by atomic mass is 16.7. The van der Waals surface area contributed by atoms with Gasteiger partial charge in [0.05, 0.1) is 19.8 Å². The molecule has 7 N–H and O–H groups in total. The average Bonchev–Trinajstić information content (AvgIpc) is 3.07. The van der Waals surface area contributed by atoms with Gasteiger partial charge in [-0.2, -0.15) is 0 Å². The molecule has 2 saturated heterocycles. The van der Waals surface area contributed by atoms with Crippen LogP contribution >= 0.6 is 0 Å². The molecule has 2 aliphatic heterocycles. The van der Waals surface area contributed by atoms with Crippen LogP contribution < -0.4 is 0 Å². The predicted octanol–water partition coefficient (Wildman–Crippen LogP) is 0.583. The molecule has 15 nitrogen and oxygen atoms in total. The Hall–Kier alpha value is -1.50. The molecule has 0 unspecified atom stereocenters. The summed E-state index contributed by atoms with van der Waals surface area (Å²) in [7, 11) is 0. The summed E-state index contributed by atoms with van der Waals surface area (Å²) in [5.41, 5.74) is 0. The highest BCUT2D eigenvalue weighted by molar-refractivity contribution is 5.70. The summed E-state index contributed by atoms with van der Waals surface area (Å²) >= 11 is 0. The first kappa shape index (κ1) is 42.7. The van der Waals surface area contributed by atoms with Crippen LogP contribution in [0.25, 0.3) is 0 Å². The zero-order valence-corrected chi connectivity index (χ0v) is 28.5. The van der Waals surface area contributed by atoms with Crippen LogP contribution in [0.5, 0.6) is 0 Å². The van der Waals surface area contributed by atoms with E-state index in [1.165, 1.54) is 25.7 Å². The van der Waals surface area contributed by atoms with E-state index in [2.05, 4.69) is 13.8 Å². The molecule has 11 atom stereocenters. The third kappa shape index (κ3) is 14.8. The number of aliphatic hydroxyl groups is 7. The smallest absolute Gasteiger partial charge is 0.306 e. The van der Waals surface area contributed by atoms with Gasteiger partial charge in [-0.3, -0.25) is 9.59 Å². The number of unbranched alkanes of at least 4 members (excludes halogenated alkanes) is 10. The number of esters is 2. The number of hydrogen-bond acceptors (Lipinski definition) is 15. The largest absolute Gasteiger partial charge is 0.462 e. The summed E-state index contributed by atoms with van der Waals surface area (Å²) < 4.78 is 32.9. The summed E-state index contributed by atoms with van der Waals surface area (Å²) in [6, 6.07) is 0. The summed E-state index contributed by atoms with van der Waals surface area (Å²) in [6.07, 6.45) is -4.38. The van der Waals surface area contributed by atoms with E-state index in [0.717, 1.165) is 38.5 Å². The summed E-state index contributed by atoms with van der Waals surface area (Å²) in [5, 5.41) is 71.1. The van der Waals surface area contributed by atoms with Crippen LogP contribution in [0.2, 0.25) is 0 Å². The Bertz CT molecular complexity index is 876. The second kappa shape index (κ2) is 23.8. The first-order valence-corrected chi connectivity index (χ1v) is 17.6. The topological polar surface area (TPSA) is 231 Å². The fourth-order valence-electron chi connectivity index (χ4n) is 5.51. The average molecular weight is 697 g/mol. The van der Waals surface area contributed by atoms with Crippen molar-refractivity contribution in [2.75, 3.05) is 26.4 Å². The molecule has 48 heavy (non-hydrogen) atoms. The van der Waals surface area contributed by atoms with E-state index >= 15 is 0 Å². The van der Waals surface area contributed by atoms with Gasteiger partial charge in [0.15, 0.2) is 18.7 Å². The Balaban J connectivity index is 1.92. The lowest BCUT2D eigenvalue weighted by atomic mass is 9.98. The van der Waals surface area contributed by atoms with Crippen LogP contribution in [-0.4, -0.2) is 142 Å². The number of aliphatic hydroxyl groups excluding tert-OH is 7. The number of carbonyl (C=O) groups excluding carboxylic acids is 2. The Morgan fingerprint density at radius 3 is 1.65 bits per heavy atom. The van der Waals surface area contributed by atoms with Crippen LogP contribution in [0, 0.1) is 0 Å². The predicted molar refractivity (Wildman–Crippen MR) is 169 cm³/mol. The molecule has 0 aromatic carbocycles. The molecular weight excluding hydrogens is 636 g/mol. The molecule has 0 radical (unpaired) electrons. The van der Waals surface area contributed by atoms with Gasteiger partial charge in [0.2, 0.25) is 0 Å². The summed E-state index contributed by atoms with van der Waals surface area (Å²) in [4.78, 5) is 25.0. The monoisotopic (exact) mass is 696 g/mol. The van der Waals surface area contributed by atoms with Gasteiger partial charge < -0.3 is 64.2 Å². The summed E-state index contributed by atoms with van der Waals surface area (Å²) in [6.45, 7) is 2.35. The van der Waals surface area contributed by atoms with Crippen LogP contribution in [-0.2, 0) is 38.0 Å². The molecule has 2 aliphatic rings. The van der Waals surface area contributed by atoms with E-state index in [4.69, 9.17) is 28.4 Å². The third-order valence-corrected chi connectivity index (χ3v) is 8.59. The van der Waals surface area contributed by atoms with E-state index in [1.807, 2.05) is 0 Å². The Morgan fingerprint density at radius 1 is 0.583 bits per heavy atom. The highest BCUT2D eigenvalue weighted by Gasteiger charge is 2.47. The lowest BCUT2D eigenvalue weighted by Gasteiger charge is -2.42. The van der Waals surface area contributed by atoms with Gasteiger partial charge in [-0.25, -0.2) is 0 Å². The van der Waals surface area contributed by atoms with E-state index in [-0.39, 0.29) is 26.1 Å². The Labute approximate surface area is 283 Å². The molecule has 2 rings (SSSR count). The number of hydrogen-bond donors (Lipinski definition) is 7. The molecule has 15 heteroatoms. The van der Waals surface area contributed by atoms with Crippen LogP contribution in [0.4, 0.5) is 0 Å². The van der Waals surface area contributed by atoms with Gasteiger partial charge in [-0.15, -0.1) is 0 Å². The molecular formula is C33H60O15. The Morgan fingerprint density at radius 2 is 1.06 bits per heavy atom. The van der Waals surface area contributed by atoms with Crippen molar-refractivity contribution >= 4 is 11.9 Å². The number of ether oxygens (including phenoxy) is 6. The molecule has 0 bridgehead atoms. The SMILES string of the molecule is CCCCCCCCCCC(=O)OC[C@H](CO[C@@H]1O[C@H](CO[C@H]2O[C@H](CO)[C@H](O)[C@H](O)[C@H]2O)[C@H](O)[C@H](O)[C@H]1O)OC(=O)CCCCCC. The fourth-order valence-corrected chi connectivity index (χ4v) is 5.51. The van der Waals surface area contributed by atoms with E-state index in [9.17, 15) is 45.3 Å². The van der Waals surface area contributed by atoms with Crippen molar-refractivity contribution in [2.24, 2.45) is 0 Å². The van der Waals surface area contributed by atoms with Crippen molar-refractivity contribution in [3.8, 4) is 0 Å². The normalized spacial score (nSPS) is 31.4. The second-order valence-corrected chi connectivity index (χ2v) is 12.7. The van der Waals surface area contributed by atoms with Crippen molar-refractivity contribution in [3.05, 3.63) is 0 Å². The van der Waals surface area contributed by atoms with Crippen LogP contribution in [0.1, 0.15) is 104 Å². The first-order valence-electron chi connectivity index (χ1n) is 17.6. The Kier molecular flexibility index (Phi) is 21.2. The third-order valence-electron chi connectivity index (χ3n) is 8.59. The fraction of sp³-hybridized carbons (Fsp3) is 0.939. The van der Waals surface area contributed by atoms with Crippen molar-refractivity contribution < 1.29 is 73.8 Å². The number of carbonyl (C=O) groups is 2. The minimum absolute atomic E-state index is 0.160. The van der Waals surface area contributed by atoms with E-state index < -0.39 is 92.7 Å². The molecule has 0 aromatic rings. The molecule has 2 heterocycles. The molecule has 0 amide bonds. The molecule has 0 saturated carbocycles. The number of rotatable bonds is 24. The lowest BCUT2D eigenvalue weighted by molar-refractivity contribution is -0.332. The maximum atomic E-state index is 12.5. The van der Waals surface area contributed by atoms with Gasteiger partial charge in [0.1, 0.15) is 55.4 Å². The van der Waals surface area contributed by atoms with Gasteiger partial charge in [0.25, 0.3) is 0 Å². The maximum Gasteiger partial charge on any atom is 0.306 e. The van der Waals surface area contributed by atoms with Crippen molar-refractivity contribution in [1.82, 2.24) is 0 Å². The molecule has 2 fully saturated rings.